The molecule has 1 aromatic rings. The Morgan fingerprint density at radius 1 is 1.11 bits per heavy atom. The Bertz CT molecular complexity index is 343. The maximum absolute atomic E-state index is 11.5. The number of esters is 1. The number of carbonyl (C=O) groups excluding carboxylic acids is 1. The fourth-order valence-corrected chi connectivity index (χ4v) is 1.72. The molecule has 0 heterocycles. The lowest BCUT2D eigenvalue weighted by Gasteiger charge is -2.05. The van der Waals surface area contributed by atoms with E-state index in [1.807, 2.05) is 0 Å². The summed E-state index contributed by atoms with van der Waals surface area (Å²) in [6, 6.07) is 6.93. The van der Waals surface area contributed by atoms with Crippen LogP contribution in [0.1, 0.15) is 51.0 Å². The van der Waals surface area contributed by atoms with Gasteiger partial charge in [0.15, 0.2) is 0 Å². The number of ether oxygens (including phenoxy) is 1. The van der Waals surface area contributed by atoms with E-state index in [2.05, 4.69) is 6.92 Å². The molecule has 18 heavy (non-hydrogen) atoms. The van der Waals surface area contributed by atoms with Crippen LogP contribution in [0.4, 0.5) is 0 Å². The van der Waals surface area contributed by atoms with E-state index in [0.29, 0.717) is 12.2 Å². The maximum Gasteiger partial charge on any atom is 0.311 e. The lowest BCUT2D eigenvalue weighted by Crippen LogP contribution is -2.07. The average molecular weight is 250 g/mol. The number of hydrogen-bond donors (Lipinski definition) is 1. The zero-order chi connectivity index (χ0) is 13.2. The van der Waals surface area contributed by atoms with E-state index in [1.165, 1.54) is 19.3 Å². The molecule has 0 fully saturated rings. The van der Waals surface area contributed by atoms with Gasteiger partial charge in [0, 0.05) is 6.42 Å². The van der Waals surface area contributed by atoms with E-state index in [-0.39, 0.29) is 12.6 Å². The van der Waals surface area contributed by atoms with Gasteiger partial charge >= 0.3 is 5.97 Å². The average Bonchev–Trinajstić information content (AvgIpc) is 2.39. The summed E-state index contributed by atoms with van der Waals surface area (Å²) in [4.78, 5) is 11.5. The molecule has 0 unspecified atom stereocenters. The second-order valence-electron chi connectivity index (χ2n) is 4.44. The van der Waals surface area contributed by atoms with E-state index in [9.17, 15) is 4.79 Å². The van der Waals surface area contributed by atoms with Gasteiger partial charge in [0.25, 0.3) is 0 Å². The third kappa shape index (κ3) is 5.82. The summed E-state index contributed by atoms with van der Waals surface area (Å²) < 4.78 is 5.20. The number of aliphatic hydroxyl groups is 1. The molecule has 100 valence electrons. The van der Waals surface area contributed by atoms with Crippen molar-refractivity contribution >= 4 is 5.97 Å². The summed E-state index contributed by atoms with van der Waals surface area (Å²) in [5.41, 5.74) is 0.814. The van der Waals surface area contributed by atoms with E-state index in [4.69, 9.17) is 9.84 Å². The molecule has 3 heteroatoms. The fourth-order valence-electron chi connectivity index (χ4n) is 1.72. The van der Waals surface area contributed by atoms with E-state index in [1.54, 1.807) is 24.3 Å². The molecule has 0 radical (unpaired) electrons. The largest absolute Gasteiger partial charge is 0.427 e. The van der Waals surface area contributed by atoms with Gasteiger partial charge in [-0.25, -0.2) is 0 Å². The SMILES string of the molecule is CCCCCCCC(=O)Oc1ccc(CO)cc1. The molecular weight excluding hydrogens is 228 g/mol. The molecular formula is C15H22O3. The van der Waals surface area contributed by atoms with Crippen molar-refractivity contribution in [2.45, 2.75) is 52.1 Å². The highest BCUT2D eigenvalue weighted by Crippen LogP contribution is 2.14. The van der Waals surface area contributed by atoms with Crippen LogP contribution in [0.2, 0.25) is 0 Å². The minimum Gasteiger partial charge on any atom is -0.427 e. The highest BCUT2D eigenvalue weighted by Gasteiger charge is 2.04. The van der Waals surface area contributed by atoms with Crippen molar-refractivity contribution in [1.29, 1.82) is 0 Å². The third-order valence-electron chi connectivity index (χ3n) is 2.82. The van der Waals surface area contributed by atoms with Gasteiger partial charge in [0.05, 0.1) is 6.61 Å². The molecule has 0 saturated carbocycles. The summed E-state index contributed by atoms with van der Waals surface area (Å²) in [6.45, 7) is 2.18. The molecule has 1 rings (SSSR count). The number of carbonyl (C=O) groups is 1. The Kier molecular flexibility index (Phi) is 7.11. The summed E-state index contributed by atoms with van der Waals surface area (Å²) in [6.07, 6.45) is 6.10. The highest BCUT2D eigenvalue weighted by molar-refractivity contribution is 5.72. The van der Waals surface area contributed by atoms with E-state index >= 15 is 0 Å². The quantitative estimate of drug-likeness (QED) is 0.436. The van der Waals surface area contributed by atoms with Crippen molar-refractivity contribution in [1.82, 2.24) is 0 Å². The Labute approximate surface area is 109 Å². The number of unbranched alkanes of at least 4 members (excludes halogenated alkanes) is 4. The van der Waals surface area contributed by atoms with Crippen molar-refractivity contribution in [2.75, 3.05) is 0 Å². The molecule has 0 aliphatic rings. The molecule has 0 aliphatic heterocycles. The zero-order valence-corrected chi connectivity index (χ0v) is 11.0. The van der Waals surface area contributed by atoms with Crippen molar-refractivity contribution in [2.24, 2.45) is 0 Å². The lowest BCUT2D eigenvalue weighted by atomic mass is 10.1. The Hall–Kier alpha value is -1.35. The van der Waals surface area contributed by atoms with Crippen molar-refractivity contribution in [3.05, 3.63) is 29.8 Å². The van der Waals surface area contributed by atoms with Gasteiger partial charge in [-0.2, -0.15) is 0 Å². The van der Waals surface area contributed by atoms with Crippen LogP contribution in [0.25, 0.3) is 0 Å². The Morgan fingerprint density at radius 2 is 1.78 bits per heavy atom. The van der Waals surface area contributed by atoms with Gasteiger partial charge in [0.1, 0.15) is 5.75 Å². The Balaban J connectivity index is 2.22. The first-order valence-corrected chi connectivity index (χ1v) is 6.66. The second-order valence-corrected chi connectivity index (χ2v) is 4.44. The number of hydrogen-bond acceptors (Lipinski definition) is 3. The van der Waals surface area contributed by atoms with Crippen LogP contribution in [0.15, 0.2) is 24.3 Å². The smallest absolute Gasteiger partial charge is 0.311 e. The number of benzene rings is 1. The molecule has 0 atom stereocenters. The molecule has 0 spiro atoms. The van der Waals surface area contributed by atoms with Crippen LogP contribution >= 0.6 is 0 Å². The normalized spacial score (nSPS) is 10.3. The first-order chi connectivity index (χ1) is 8.76. The van der Waals surface area contributed by atoms with E-state index < -0.39 is 0 Å². The van der Waals surface area contributed by atoms with Crippen LogP contribution in [0, 0.1) is 0 Å². The first kappa shape index (κ1) is 14.7. The standard InChI is InChI=1S/C15H22O3/c1-2-3-4-5-6-7-15(17)18-14-10-8-13(12-16)9-11-14/h8-11,16H,2-7,12H2,1H3. The van der Waals surface area contributed by atoms with Crippen LogP contribution in [-0.2, 0) is 11.4 Å². The van der Waals surface area contributed by atoms with E-state index in [0.717, 1.165) is 18.4 Å². The van der Waals surface area contributed by atoms with Crippen LogP contribution in [-0.4, -0.2) is 11.1 Å². The van der Waals surface area contributed by atoms with Crippen LogP contribution < -0.4 is 4.74 Å². The molecule has 0 bridgehead atoms. The van der Waals surface area contributed by atoms with Crippen LogP contribution in [0.5, 0.6) is 5.75 Å². The summed E-state index contributed by atoms with van der Waals surface area (Å²) in [5.74, 6) is 0.369. The van der Waals surface area contributed by atoms with Crippen LogP contribution in [0.3, 0.4) is 0 Å². The maximum atomic E-state index is 11.5. The monoisotopic (exact) mass is 250 g/mol. The van der Waals surface area contributed by atoms with Gasteiger partial charge < -0.3 is 9.84 Å². The van der Waals surface area contributed by atoms with Crippen molar-refractivity contribution in [3.63, 3.8) is 0 Å². The van der Waals surface area contributed by atoms with Gasteiger partial charge in [0.2, 0.25) is 0 Å². The molecule has 0 amide bonds. The summed E-state index contributed by atoms with van der Waals surface area (Å²) >= 11 is 0. The minimum absolute atomic E-state index is 0.00561. The first-order valence-electron chi connectivity index (χ1n) is 6.66. The molecule has 0 aromatic heterocycles. The lowest BCUT2D eigenvalue weighted by molar-refractivity contribution is -0.134. The minimum atomic E-state index is -0.178. The van der Waals surface area contributed by atoms with Crippen molar-refractivity contribution < 1.29 is 14.6 Å². The van der Waals surface area contributed by atoms with Gasteiger partial charge in [-0.1, -0.05) is 44.7 Å². The molecule has 1 N–H and O–H groups in total. The summed E-state index contributed by atoms with van der Waals surface area (Å²) in [5, 5.41) is 8.89. The fraction of sp³-hybridized carbons (Fsp3) is 0.533. The van der Waals surface area contributed by atoms with Gasteiger partial charge in [-0.3, -0.25) is 4.79 Å². The molecule has 0 aliphatic carbocycles. The molecule has 0 saturated heterocycles. The molecule has 1 aromatic carbocycles. The summed E-state index contributed by atoms with van der Waals surface area (Å²) in [7, 11) is 0. The highest BCUT2D eigenvalue weighted by atomic mass is 16.5. The van der Waals surface area contributed by atoms with Crippen molar-refractivity contribution in [3.8, 4) is 5.75 Å². The third-order valence-corrected chi connectivity index (χ3v) is 2.82. The Morgan fingerprint density at radius 3 is 2.39 bits per heavy atom. The second kappa shape index (κ2) is 8.70. The number of aliphatic hydroxyl groups excluding tert-OH is 1. The zero-order valence-electron chi connectivity index (χ0n) is 11.0. The number of rotatable bonds is 8. The molecule has 3 nitrogen and oxygen atoms in total. The predicted octanol–water partition coefficient (Wildman–Crippen LogP) is 3.44. The predicted molar refractivity (Wildman–Crippen MR) is 71.4 cm³/mol. The topological polar surface area (TPSA) is 46.5 Å². The van der Waals surface area contributed by atoms with Gasteiger partial charge in [-0.05, 0) is 24.1 Å². The van der Waals surface area contributed by atoms with Gasteiger partial charge in [-0.15, -0.1) is 0 Å².